The van der Waals surface area contributed by atoms with Crippen molar-refractivity contribution in [1.29, 1.82) is 0 Å². The van der Waals surface area contributed by atoms with Gasteiger partial charge < -0.3 is 9.84 Å². The van der Waals surface area contributed by atoms with Gasteiger partial charge in [-0.25, -0.2) is 0 Å². The molecule has 11 heavy (non-hydrogen) atoms. The molecule has 0 rings (SSSR count). The molecule has 0 aliphatic carbocycles. The molecule has 0 radical (unpaired) electrons. The Morgan fingerprint density at radius 2 is 1.91 bits per heavy atom. The summed E-state index contributed by atoms with van der Waals surface area (Å²) in [5.74, 6) is -1.43. The number of carbonyl (C=O) groups excluding carboxylic acids is 1. The quantitative estimate of drug-likeness (QED) is 0.467. The summed E-state index contributed by atoms with van der Waals surface area (Å²) in [6.07, 6.45) is -0.192. The second-order valence-corrected chi connectivity index (χ2v) is 1.70. The van der Waals surface area contributed by atoms with Crippen LogP contribution in [0.5, 0.6) is 0 Å². The molecule has 0 saturated heterocycles. The number of aliphatic carboxylic acids is 1. The van der Waals surface area contributed by atoms with Crippen LogP contribution in [0.2, 0.25) is 0 Å². The molecule has 0 aliphatic rings. The third kappa shape index (κ3) is 9.94. The average molecular weight is 170 g/mol. The molecule has 0 heterocycles. The van der Waals surface area contributed by atoms with Crippen LogP contribution in [0.3, 0.4) is 0 Å². The molecule has 0 aromatic rings. The van der Waals surface area contributed by atoms with Crippen molar-refractivity contribution in [3.8, 4) is 0 Å². The first kappa shape index (κ1) is 13.5. The molecule has 0 bridgehead atoms. The Labute approximate surface area is 87.2 Å². The van der Waals surface area contributed by atoms with E-state index in [0.29, 0.717) is 6.61 Å². The summed E-state index contributed by atoms with van der Waals surface area (Å²) in [5.41, 5.74) is 0. The Kier molecular flexibility index (Phi) is 9.89. The Hall–Kier alpha value is -0.0600. The van der Waals surface area contributed by atoms with Gasteiger partial charge in [0.2, 0.25) is 0 Å². The summed E-state index contributed by atoms with van der Waals surface area (Å²) in [5, 5.41) is 8.12. The number of carbonyl (C=O) groups is 2. The van der Waals surface area contributed by atoms with Gasteiger partial charge in [0.25, 0.3) is 0 Å². The topological polar surface area (TPSA) is 63.6 Å². The zero-order chi connectivity index (χ0) is 7.98. The number of ether oxygens (including phenoxy) is 1. The van der Waals surface area contributed by atoms with E-state index in [4.69, 9.17) is 5.11 Å². The number of rotatable bonds is 4. The fourth-order valence-electron chi connectivity index (χ4n) is 0.442. The Morgan fingerprint density at radius 1 is 1.36 bits per heavy atom. The Morgan fingerprint density at radius 3 is 2.27 bits per heavy atom. The van der Waals surface area contributed by atoms with Crippen LogP contribution in [0.1, 0.15) is 19.8 Å². The van der Waals surface area contributed by atoms with Crippen LogP contribution in [0.25, 0.3) is 0 Å². The van der Waals surface area contributed by atoms with Crippen LogP contribution in [0, 0.1) is 0 Å². The van der Waals surface area contributed by atoms with Crippen molar-refractivity contribution in [2.45, 2.75) is 19.8 Å². The van der Waals surface area contributed by atoms with Gasteiger partial charge in [0.15, 0.2) is 0 Å². The second kappa shape index (κ2) is 8.04. The van der Waals surface area contributed by atoms with Crippen molar-refractivity contribution < 1.29 is 19.4 Å². The van der Waals surface area contributed by atoms with Crippen molar-refractivity contribution in [2.24, 2.45) is 0 Å². The minimum atomic E-state index is -0.979. The standard InChI is InChI=1S/C6H10O4.Na.H/c1-2-10-6(9)4-3-5(7)8;;/h2-4H2,1H3,(H,7,8);;. The molecular weight excluding hydrogens is 159 g/mol. The van der Waals surface area contributed by atoms with Gasteiger partial charge in [-0.3, -0.25) is 9.59 Å². The molecule has 0 spiro atoms. The Bertz CT molecular complexity index is 135. The van der Waals surface area contributed by atoms with Gasteiger partial charge in [0, 0.05) is 0 Å². The number of carboxylic acid groups (broad SMARTS) is 1. The summed E-state index contributed by atoms with van der Waals surface area (Å²) in [7, 11) is 0. The van der Waals surface area contributed by atoms with Crippen LogP contribution < -0.4 is 0 Å². The zero-order valence-corrected chi connectivity index (χ0v) is 5.79. The van der Waals surface area contributed by atoms with Gasteiger partial charge in [0.05, 0.1) is 19.4 Å². The second-order valence-electron chi connectivity index (χ2n) is 1.70. The van der Waals surface area contributed by atoms with E-state index in [9.17, 15) is 9.59 Å². The number of esters is 1. The normalized spacial score (nSPS) is 8.09. The first-order chi connectivity index (χ1) is 4.66. The molecule has 0 saturated carbocycles. The van der Waals surface area contributed by atoms with Gasteiger partial charge in [-0.2, -0.15) is 0 Å². The van der Waals surface area contributed by atoms with E-state index in [2.05, 4.69) is 4.74 Å². The van der Waals surface area contributed by atoms with Gasteiger partial charge in [-0.15, -0.1) is 0 Å². The zero-order valence-electron chi connectivity index (χ0n) is 5.79. The molecule has 0 aromatic heterocycles. The molecule has 4 nitrogen and oxygen atoms in total. The summed E-state index contributed by atoms with van der Waals surface area (Å²) < 4.78 is 4.49. The molecule has 0 atom stereocenters. The van der Waals surface area contributed by atoms with E-state index >= 15 is 0 Å². The number of carboxylic acids is 1. The van der Waals surface area contributed by atoms with E-state index < -0.39 is 11.9 Å². The van der Waals surface area contributed by atoms with Crippen LogP contribution >= 0.6 is 0 Å². The van der Waals surface area contributed by atoms with Gasteiger partial charge in [0.1, 0.15) is 0 Å². The predicted octanol–water partition coefficient (Wildman–Crippen LogP) is -0.234. The molecule has 0 aromatic carbocycles. The summed E-state index contributed by atoms with van der Waals surface area (Å²) in [4.78, 5) is 20.4. The van der Waals surface area contributed by atoms with Crippen LogP contribution in [0.4, 0.5) is 0 Å². The molecule has 0 aliphatic heterocycles. The summed E-state index contributed by atoms with van der Waals surface area (Å²) >= 11 is 0. The first-order valence-corrected chi connectivity index (χ1v) is 3.04. The SMILES string of the molecule is CCOC(=O)CCC(=O)O.[NaH]. The predicted molar refractivity (Wildman–Crippen MR) is 40.7 cm³/mol. The Balaban J connectivity index is 0. The van der Waals surface area contributed by atoms with Crippen LogP contribution in [-0.2, 0) is 14.3 Å². The monoisotopic (exact) mass is 170 g/mol. The van der Waals surface area contributed by atoms with Crippen LogP contribution in [-0.4, -0.2) is 53.2 Å². The average Bonchev–Trinajstić information content (AvgIpc) is 1.85. The van der Waals surface area contributed by atoms with Crippen molar-refractivity contribution >= 4 is 41.5 Å². The van der Waals surface area contributed by atoms with Gasteiger partial charge >= 0.3 is 41.5 Å². The fourth-order valence-corrected chi connectivity index (χ4v) is 0.442. The number of hydrogen-bond donors (Lipinski definition) is 1. The van der Waals surface area contributed by atoms with Crippen molar-refractivity contribution in [3.05, 3.63) is 0 Å². The van der Waals surface area contributed by atoms with Crippen molar-refractivity contribution in [3.63, 3.8) is 0 Å². The molecule has 1 N–H and O–H groups in total. The first-order valence-electron chi connectivity index (χ1n) is 3.04. The molecule has 60 valence electrons. The molecular formula is C6H11NaO4. The number of hydrogen-bond acceptors (Lipinski definition) is 3. The third-order valence-corrected chi connectivity index (χ3v) is 0.848. The maximum absolute atomic E-state index is 10.5. The third-order valence-electron chi connectivity index (χ3n) is 0.848. The van der Waals surface area contributed by atoms with E-state index in [-0.39, 0.29) is 42.4 Å². The maximum atomic E-state index is 10.5. The van der Waals surface area contributed by atoms with Crippen molar-refractivity contribution in [1.82, 2.24) is 0 Å². The van der Waals surface area contributed by atoms with Crippen LogP contribution in [0.15, 0.2) is 0 Å². The minimum absolute atomic E-state index is 0. The van der Waals surface area contributed by atoms with E-state index in [1.165, 1.54) is 0 Å². The van der Waals surface area contributed by atoms with Crippen molar-refractivity contribution in [2.75, 3.05) is 6.61 Å². The summed E-state index contributed by atoms with van der Waals surface area (Å²) in [6.45, 7) is 1.98. The van der Waals surface area contributed by atoms with Gasteiger partial charge in [-0.05, 0) is 6.92 Å². The van der Waals surface area contributed by atoms with E-state index in [1.807, 2.05) is 0 Å². The summed E-state index contributed by atoms with van der Waals surface area (Å²) in [6, 6.07) is 0. The van der Waals surface area contributed by atoms with E-state index in [0.717, 1.165) is 0 Å². The fraction of sp³-hybridized carbons (Fsp3) is 0.667. The molecule has 0 fully saturated rings. The van der Waals surface area contributed by atoms with E-state index in [1.54, 1.807) is 6.92 Å². The molecule has 0 unspecified atom stereocenters. The molecule has 0 amide bonds. The van der Waals surface area contributed by atoms with Gasteiger partial charge in [-0.1, -0.05) is 0 Å². The molecule has 5 heteroatoms.